The van der Waals surface area contributed by atoms with Crippen molar-refractivity contribution < 1.29 is 4.74 Å². The standard InChI is InChI=1S/C19H15Cl2N3OS/c1-12-10-18-22-23-19(24(18)16-5-3-2-4-14(12)16)26-9-8-25-17-7-6-13(20)11-15(17)21/h2-7,10-11H,8-9H2,1H3. The number of halogens is 2. The summed E-state index contributed by atoms with van der Waals surface area (Å²) in [7, 11) is 0. The average Bonchev–Trinajstić information content (AvgIpc) is 3.03. The van der Waals surface area contributed by atoms with E-state index in [0.717, 1.165) is 22.1 Å². The number of aryl methyl sites for hydroxylation is 1. The van der Waals surface area contributed by atoms with Gasteiger partial charge >= 0.3 is 0 Å². The van der Waals surface area contributed by atoms with Crippen molar-refractivity contribution in [3.05, 3.63) is 64.1 Å². The highest BCUT2D eigenvalue weighted by atomic mass is 35.5. The number of thioether (sulfide) groups is 1. The van der Waals surface area contributed by atoms with E-state index in [-0.39, 0.29) is 0 Å². The van der Waals surface area contributed by atoms with Crippen molar-refractivity contribution in [2.75, 3.05) is 12.4 Å². The zero-order valence-corrected chi connectivity index (χ0v) is 16.3. The Kier molecular flexibility index (Phi) is 4.94. The van der Waals surface area contributed by atoms with Gasteiger partial charge in [0.15, 0.2) is 10.8 Å². The zero-order chi connectivity index (χ0) is 18.1. The van der Waals surface area contributed by atoms with Crippen LogP contribution in [0, 0.1) is 6.92 Å². The van der Waals surface area contributed by atoms with Crippen LogP contribution in [0.3, 0.4) is 0 Å². The van der Waals surface area contributed by atoms with Gasteiger partial charge in [0.25, 0.3) is 0 Å². The SMILES string of the molecule is Cc1cc2nnc(SCCOc3ccc(Cl)cc3Cl)n2c2ccccc12. The lowest BCUT2D eigenvalue weighted by molar-refractivity contribution is 0.344. The Labute approximate surface area is 165 Å². The molecule has 0 radical (unpaired) electrons. The fourth-order valence-corrected chi connectivity index (χ4v) is 4.08. The molecule has 26 heavy (non-hydrogen) atoms. The smallest absolute Gasteiger partial charge is 0.196 e. The van der Waals surface area contributed by atoms with Gasteiger partial charge in [-0.05, 0) is 42.8 Å². The maximum Gasteiger partial charge on any atom is 0.196 e. The molecule has 0 fully saturated rings. The molecule has 132 valence electrons. The fraction of sp³-hybridized carbons (Fsp3) is 0.158. The minimum Gasteiger partial charge on any atom is -0.491 e. The molecule has 0 spiro atoms. The maximum absolute atomic E-state index is 6.12. The Hall–Kier alpha value is -1.95. The van der Waals surface area contributed by atoms with E-state index in [2.05, 4.69) is 39.7 Å². The summed E-state index contributed by atoms with van der Waals surface area (Å²) in [6.07, 6.45) is 0. The summed E-state index contributed by atoms with van der Waals surface area (Å²) in [6, 6.07) is 15.5. The Bertz CT molecular complexity index is 1100. The summed E-state index contributed by atoms with van der Waals surface area (Å²) in [4.78, 5) is 0. The lowest BCUT2D eigenvalue weighted by Gasteiger charge is -2.09. The van der Waals surface area contributed by atoms with Gasteiger partial charge in [-0.2, -0.15) is 0 Å². The molecule has 4 rings (SSSR count). The number of hydrogen-bond acceptors (Lipinski definition) is 4. The molecule has 0 aliphatic heterocycles. The van der Waals surface area contributed by atoms with Crippen LogP contribution in [0.1, 0.15) is 5.56 Å². The van der Waals surface area contributed by atoms with Crippen molar-refractivity contribution in [1.29, 1.82) is 0 Å². The number of aromatic nitrogens is 3. The zero-order valence-electron chi connectivity index (χ0n) is 13.9. The van der Waals surface area contributed by atoms with E-state index in [9.17, 15) is 0 Å². The van der Waals surface area contributed by atoms with Gasteiger partial charge in [-0.1, -0.05) is 53.2 Å². The first kappa shape index (κ1) is 17.5. The number of fused-ring (bicyclic) bond motifs is 3. The van der Waals surface area contributed by atoms with Crippen LogP contribution in [-0.2, 0) is 0 Å². The second-order valence-electron chi connectivity index (χ2n) is 5.79. The molecule has 0 aliphatic carbocycles. The van der Waals surface area contributed by atoms with Crippen LogP contribution in [0.4, 0.5) is 0 Å². The molecule has 4 aromatic rings. The van der Waals surface area contributed by atoms with Gasteiger partial charge in [-0.25, -0.2) is 0 Å². The summed E-state index contributed by atoms with van der Waals surface area (Å²) in [6.45, 7) is 2.60. The third kappa shape index (κ3) is 3.34. The largest absolute Gasteiger partial charge is 0.491 e. The van der Waals surface area contributed by atoms with E-state index in [1.807, 2.05) is 12.1 Å². The Balaban J connectivity index is 1.52. The van der Waals surface area contributed by atoms with Gasteiger partial charge in [-0.3, -0.25) is 4.40 Å². The van der Waals surface area contributed by atoms with Crippen LogP contribution < -0.4 is 4.74 Å². The molecule has 0 unspecified atom stereocenters. The van der Waals surface area contributed by atoms with Crippen LogP contribution >= 0.6 is 35.0 Å². The number of benzene rings is 2. The lowest BCUT2D eigenvalue weighted by atomic mass is 10.1. The molecule has 0 saturated carbocycles. The van der Waals surface area contributed by atoms with Crippen LogP contribution in [-0.4, -0.2) is 27.0 Å². The summed E-state index contributed by atoms with van der Waals surface area (Å²) in [5.41, 5.74) is 3.15. The summed E-state index contributed by atoms with van der Waals surface area (Å²) in [5, 5.41) is 11.8. The van der Waals surface area contributed by atoms with E-state index >= 15 is 0 Å². The van der Waals surface area contributed by atoms with Crippen molar-refractivity contribution in [3.8, 4) is 5.75 Å². The maximum atomic E-state index is 6.12. The molecule has 0 aliphatic rings. The van der Waals surface area contributed by atoms with Crippen molar-refractivity contribution >= 4 is 51.5 Å². The van der Waals surface area contributed by atoms with Gasteiger partial charge in [0.05, 0.1) is 17.1 Å². The molecule has 4 nitrogen and oxygen atoms in total. The molecular formula is C19H15Cl2N3OS. The highest BCUT2D eigenvalue weighted by Crippen LogP contribution is 2.28. The quantitative estimate of drug-likeness (QED) is 0.317. The second-order valence-corrected chi connectivity index (χ2v) is 7.70. The average molecular weight is 404 g/mol. The summed E-state index contributed by atoms with van der Waals surface area (Å²) in [5.74, 6) is 1.35. The van der Waals surface area contributed by atoms with E-state index in [0.29, 0.717) is 22.4 Å². The number of pyridine rings is 1. The van der Waals surface area contributed by atoms with Gasteiger partial charge in [0.1, 0.15) is 5.75 Å². The monoisotopic (exact) mass is 403 g/mol. The van der Waals surface area contributed by atoms with Crippen LogP contribution in [0.2, 0.25) is 10.0 Å². The molecule has 2 aromatic carbocycles. The van der Waals surface area contributed by atoms with Crippen molar-refractivity contribution in [2.24, 2.45) is 0 Å². The van der Waals surface area contributed by atoms with E-state index in [1.165, 1.54) is 10.9 Å². The topological polar surface area (TPSA) is 39.4 Å². The van der Waals surface area contributed by atoms with Crippen LogP contribution in [0.25, 0.3) is 16.6 Å². The Morgan fingerprint density at radius 1 is 1.08 bits per heavy atom. The number of ether oxygens (including phenoxy) is 1. The Morgan fingerprint density at radius 2 is 1.92 bits per heavy atom. The van der Waals surface area contributed by atoms with E-state index in [1.54, 1.807) is 30.0 Å². The molecule has 2 aromatic heterocycles. The Morgan fingerprint density at radius 3 is 2.77 bits per heavy atom. The predicted octanol–water partition coefficient (Wildman–Crippen LogP) is 5.67. The lowest BCUT2D eigenvalue weighted by Crippen LogP contribution is -2.01. The molecule has 2 heterocycles. The van der Waals surface area contributed by atoms with Gasteiger partial charge in [-0.15, -0.1) is 10.2 Å². The van der Waals surface area contributed by atoms with Crippen molar-refractivity contribution in [3.63, 3.8) is 0 Å². The van der Waals surface area contributed by atoms with Crippen LogP contribution in [0.5, 0.6) is 5.75 Å². The highest BCUT2D eigenvalue weighted by Gasteiger charge is 2.11. The number of hydrogen-bond donors (Lipinski definition) is 0. The molecule has 0 saturated heterocycles. The van der Waals surface area contributed by atoms with Crippen molar-refractivity contribution in [2.45, 2.75) is 12.1 Å². The molecular weight excluding hydrogens is 389 g/mol. The number of nitrogens with zero attached hydrogens (tertiary/aromatic N) is 3. The van der Waals surface area contributed by atoms with Crippen LogP contribution in [0.15, 0.2) is 53.7 Å². The minimum atomic E-state index is 0.505. The first-order valence-corrected chi connectivity index (χ1v) is 9.82. The van der Waals surface area contributed by atoms with Gasteiger partial charge in [0, 0.05) is 16.2 Å². The predicted molar refractivity (Wildman–Crippen MR) is 108 cm³/mol. The van der Waals surface area contributed by atoms with E-state index in [4.69, 9.17) is 27.9 Å². The second kappa shape index (κ2) is 7.35. The molecule has 0 bridgehead atoms. The third-order valence-corrected chi connectivity index (χ3v) is 5.46. The highest BCUT2D eigenvalue weighted by molar-refractivity contribution is 7.99. The third-order valence-electron chi connectivity index (χ3n) is 4.04. The van der Waals surface area contributed by atoms with E-state index < -0.39 is 0 Å². The molecule has 0 N–H and O–H groups in total. The molecule has 0 amide bonds. The first-order valence-electron chi connectivity index (χ1n) is 8.07. The normalized spacial score (nSPS) is 11.3. The number of para-hydroxylation sites is 1. The fourth-order valence-electron chi connectivity index (χ4n) is 2.85. The molecule has 7 heteroatoms. The van der Waals surface area contributed by atoms with Gasteiger partial charge < -0.3 is 4.74 Å². The first-order chi connectivity index (χ1) is 12.6. The van der Waals surface area contributed by atoms with Gasteiger partial charge in [0.2, 0.25) is 0 Å². The minimum absolute atomic E-state index is 0.505. The summed E-state index contributed by atoms with van der Waals surface area (Å²) >= 11 is 13.6. The number of rotatable bonds is 5. The molecule has 0 atom stereocenters. The summed E-state index contributed by atoms with van der Waals surface area (Å²) < 4.78 is 7.83. The van der Waals surface area contributed by atoms with Crippen molar-refractivity contribution in [1.82, 2.24) is 14.6 Å².